The van der Waals surface area contributed by atoms with Crippen LogP contribution in [0.3, 0.4) is 0 Å². The molecule has 1 heterocycles. The summed E-state index contributed by atoms with van der Waals surface area (Å²) in [7, 11) is 0. The first-order chi connectivity index (χ1) is 9.01. The summed E-state index contributed by atoms with van der Waals surface area (Å²) < 4.78 is 11.3. The van der Waals surface area contributed by atoms with Crippen LogP contribution < -0.4 is 5.73 Å². The fourth-order valence-corrected chi connectivity index (χ4v) is 2.27. The molecule has 0 aliphatic rings. The van der Waals surface area contributed by atoms with Crippen LogP contribution in [-0.2, 0) is 15.9 Å². The molecule has 0 aliphatic carbocycles. The highest BCUT2D eigenvalue weighted by Gasteiger charge is 2.37. The summed E-state index contributed by atoms with van der Waals surface area (Å²) in [6, 6.07) is 0. The highest BCUT2D eigenvalue weighted by molar-refractivity contribution is 5.06. The first-order valence-corrected chi connectivity index (χ1v) is 7.29. The Balaban J connectivity index is 3.12. The Morgan fingerprint density at radius 3 is 2.05 bits per heavy atom. The standard InChI is InChI=1S/C14H27N3O2/c1-6-13(15,7-2)12-16-11(17-19-12)14(8-3,9-4)18-10-5/h6-10,15H2,1-5H3. The van der Waals surface area contributed by atoms with Crippen molar-refractivity contribution in [1.29, 1.82) is 0 Å². The lowest BCUT2D eigenvalue weighted by Gasteiger charge is -2.28. The van der Waals surface area contributed by atoms with Crippen molar-refractivity contribution in [3.8, 4) is 0 Å². The Hall–Kier alpha value is -0.940. The second-order valence-electron chi connectivity index (χ2n) is 4.92. The van der Waals surface area contributed by atoms with E-state index < -0.39 is 11.1 Å². The van der Waals surface area contributed by atoms with E-state index in [4.69, 9.17) is 15.0 Å². The summed E-state index contributed by atoms with van der Waals surface area (Å²) in [4.78, 5) is 4.53. The van der Waals surface area contributed by atoms with Crippen LogP contribution in [0.4, 0.5) is 0 Å². The molecule has 1 rings (SSSR count). The molecule has 0 saturated heterocycles. The molecule has 2 N–H and O–H groups in total. The van der Waals surface area contributed by atoms with Crippen LogP contribution in [0.1, 0.15) is 72.0 Å². The average molecular weight is 269 g/mol. The van der Waals surface area contributed by atoms with Gasteiger partial charge in [0.15, 0.2) is 0 Å². The lowest BCUT2D eigenvalue weighted by Crippen LogP contribution is -2.36. The molecule has 0 aromatic carbocycles. The van der Waals surface area contributed by atoms with E-state index in [1.165, 1.54) is 0 Å². The third-order valence-electron chi connectivity index (χ3n) is 4.08. The third kappa shape index (κ3) is 2.98. The fraction of sp³-hybridized carbons (Fsp3) is 0.857. The average Bonchev–Trinajstić information content (AvgIpc) is 2.95. The van der Waals surface area contributed by atoms with Crippen LogP contribution >= 0.6 is 0 Å². The Kier molecular flexibility index (Phi) is 5.50. The smallest absolute Gasteiger partial charge is 0.246 e. The summed E-state index contributed by atoms with van der Waals surface area (Å²) in [5, 5.41) is 4.12. The number of hydrogen-bond acceptors (Lipinski definition) is 5. The van der Waals surface area contributed by atoms with E-state index in [9.17, 15) is 0 Å². The second-order valence-corrected chi connectivity index (χ2v) is 4.92. The van der Waals surface area contributed by atoms with Crippen molar-refractivity contribution in [3.63, 3.8) is 0 Å². The van der Waals surface area contributed by atoms with Gasteiger partial charge in [-0.25, -0.2) is 0 Å². The largest absolute Gasteiger partial charge is 0.367 e. The predicted octanol–water partition coefficient (Wildman–Crippen LogP) is 3.10. The first kappa shape index (κ1) is 16.1. The molecule has 110 valence electrons. The molecule has 0 aliphatic heterocycles. The van der Waals surface area contributed by atoms with Crippen molar-refractivity contribution >= 4 is 0 Å². The second kappa shape index (κ2) is 6.48. The highest BCUT2D eigenvalue weighted by Crippen LogP contribution is 2.33. The quantitative estimate of drug-likeness (QED) is 0.785. The highest BCUT2D eigenvalue weighted by atomic mass is 16.5. The number of rotatable bonds is 8. The Labute approximate surface area is 115 Å². The van der Waals surface area contributed by atoms with Gasteiger partial charge in [0, 0.05) is 6.61 Å². The Morgan fingerprint density at radius 2 is 1.63 bits per heavy atom. The summed E-state index contributed by atoms with van der Waals surface area (Å²) in [6.07, 6.45) is 3.16. The molecule has 0 spiro atoms. The minimum Gasteiger partial charge on any atom is -0.367 e. The molecule has 5 nitrogen and oxygen atoms in total. The van der Waals surface area contributed by atoms with Crippen LogP contribution in [0.15, 0.2) is 4.52 Å². The van der Waals surface area contributed by atoms with E-state index in [-0.39, 0.29) is 0 Å². The zero-order chi connectivity index (χ0) is 14.5. The monoisotopic (exact) mass is 269 g/mol. The lowest BCUT2D eigenvalue weighted by atomic mass is 9.93. The van der Waals surface area contributed by atoms with Gasteiger partial charge >= 0.3 is 0 Å². The van der Waals surface area contributed by atoms with Crippen LogP contribution in [0.5, 0.6) is 0 Å². The van der Waals surface area contributed by atoms with Crippen molar-refractivity contribution in [3.05, 3.63) is 11.7 Å². The van der Waals surface area contributed by atoms with Crippen LogP contribution in [0.25, 0.3) is 0 Å². The van der Waals surface area contributed by atoms with Crippen molar-refractivity contribution in [2.24, 2.45) is 5.73 Å². The topological polar surface area (TPSA) is 74.2 Å². The summed E-state index contributed by atoms with van der Waals surface area (Å²) >= 11 is 0. The number of hydrogen-bond donors (Lipinski definition) is 1. The number of nitrogens with two attached hydrogens (primary N) is 1. The Morgan fingerprint density at radius 1 is 1.05 bits per heavy atom. The molecule has 0 atom stereocenters. The predicted molar refractivity (Wildman–Crippen MR) is 74.6 cm³/mol. The van der Waals surface area contributed by atoms with E-state index >= 15 is 0 Å². The lowest BCUT2D eigenvalue weighted by molar-refractivity contribution is -0.0583. The molecular weight excluding hydrogens is 242 g/mol. The van der Waals surface area contributed by atoms with E-state index in [1.54, 1.807) is 0 Å². The summed E-state index contributed by atoms with van der Waals surface area (Å²) in [6.45, 7) is 10.8. The molecule has 0 amide bonds. The molecule has 19 heavy (non-hydrogen) atoms. The van der Waals surface area contributed by atoms with E-state index in [2.05, 4.69) is 24.0 Å². The van der Waals surface area contributed by atoms with E-state index in [0.29, 0.717) is 18.3 Å². The SMILES string of the molecule is CCOC(CC)(CC)c1noc(C(N)(CC)CC)n1. The zero-order valence-electron chi connectivity index (χ0n) is 12.8. The number of nitrogens with zero attached hydrogens (tertiary/aromatic N) is 2. The maximum Gasteiger partial charge on any atom is 0.246 e. The van der Waals surface area contributed by atoms with Gasteiger partial charge in [0.2, 0.25) is 11.7 Å². The molecular formula is C14H27N3O2. The van der Waals surface area contributed by atoms with Gasteiger partial charge in [-0.2, -0.15) is 4.98 Å². The van der Waals surface area contributed by atoms with Crippen molar-refractivity contribution in [2.75, 3.05) is 6.61 Å². The molecule has 0 unspecified atom stereocenters. The van der Waals surface area contributed by atoms with Gasteiger partial charge < -0.3 is 15.0 Å². The van der Waals surface area contributed by atoms with Gasteiger partial charge in [-0.15, -0.1) is 0 Å². The van der Waals surface area contributed by atoms with Gasteiger partial charge in [-0.3, -0.25) is 0 Å². The molecule has 5 heteroatoms. The van der Waals surface area contributed by atoms with Gasteiger partial charge in [0.1, 0.15) is 5.60 Å². The van der Waals surface area contributed by atoms with E-state index in [1.807, 2.05) is 20.8 Å². The fourth-order valence-electron chi connectivity index (χ4n) is 2.27. The molecule has 1 aromatic rings. The normalized spacial score (nSPS) is 12.9. The van der Waals surface area contributed by atoms with Crippen molar-refractivity contribution in [1.82, 2.24) is 10.1 Å². The van der Waals surface area contributed by atoms with Gasteiger partial charge in [0.25, 0.3) is 0 Å². The van der Waals surface area contributed by atoms with Gasteiger partial charge in [-0.1, -0.05) is 32.9 Å². The molecule has 1 aromatic heterocycles. The molecule has 0 radical (unpaired) electrons. The first-order valence-electron chi connectivity index (χ1n) is 7.29. The van der Waals surface area contributed by atoms with E-state index in [0.717, 1.165) is 25.7 Å². The minimum atomic E-state index is -0.537. The third-order valence-corrected chi connectivity index (χ3v) is 4.08. The molecule has 0 fully saturated rings. The maximum absolute atomic E-state index is 6.29. The molecule has 0 bridgehead atoms. The zero-order valence-corrected chi connectivity index (χ0v) is 12.8. The van der Waals surface area contributed by atoms with Gasteiger partial charge in [0.05, 0.1) is 5.54 Å². The van der Waals surface area contributed by atoms with Crippen molar-refractivity contribution in [2.45, 2.75) is 71.4 Å². The summed E-state index contributed by atoms with van der Waals surface area (Å²) in [5.74, 6) is 1.13. The van der Waals surface area contributed by atoms with Crippen LogP contribution in [0.2, 0.25) is 0 Å². The van der Waals surface area contributed by atoms with Crippen molar-refractivity contribution < 1.29 is 9.26 Å². The van der Waals surface area contributed by atoms with Crippen LogP contribution in [-0.4, -0.2) is 16.7 Å². The van der Waals surface area contributed by atoms with Gasteiger partial charge in [-0.05, 0) is 32.6 Å². The number of aromatic nitrogens is 2. The maximum atomic E-state index is 6.29. The minimum absolute atomic E-state index is 0.459. The summed E-state index contributed by atoms with van der Waals surface area (Å²) in [5.41, 5.74) is 5.30. The van der Waals surface area contributed by atoms with Crippen LogP contribution in [0, 0.1) is 0 Å². The Bertz CT molecular complexity index is 382. The number of ether oxygens (including phenoxy) is 1. The molecule has 0 saturated carbocycles.